The van der Waals surface area contributed by atoms with Crippen molar-refractivity contribution in [1.82, 2.24) is 9.62 Å². The van der Waals surface area contributed by atoms with E-state index in [1.807, 2.05) is 61.5 Å². The van der Waals surface area contributed by atoms with Crippen LogP contribution in [0.4, 0.5) is 5.69 Å². The van der Waals surface area contributed by atoms with Crippen LogP contribution < -0.4 is 10.6 Å². The van der Waals surface area contributed by atoms with E-state index in [1.165, 1.54) is 16.4 Å². The second kappa shape index (κ2) is 11.1. The normalized spacial score (nSPS) is 16.6. The summed E-state index contributed by atoms with van der Waals surface area (Å²) in [5.74, 6) is -0.361. The van der Waals surface area contributed by atoms with Crippen LogP contribution in [0.1, 0.15) is 55.5 Å². The van der Waals surface area contributed by atoms with Crippen molar-refractivity contribution in [2.45, 2.75) is 50.1 Å². The molecule has 0 radical (unpaired) electrons. The van der Waals surface area contributed by atoms with Crippen molar-refractivity contribution in [3.05, 3.63) is 95.6 Å². The molecule has 36 heavy (non-hydrogen) atoms. The molecule has 2 N–H and O–H groups in total. The molecule has 2 atom stereocenters. The molecule has 1 heterocycles. The zero-order valence-electron chi connectivity index (χ0n) is 20.5. The van der Waals surface area contributed by atoms with Crippen molar-refractivity contribution in [2.24, 2.45) is 0 Å². The summed E-state index contributed by atoms with van der Waals surface area (Å²) in [4.78, 5) is 24.9. The van der Waals surface area contributed by atoms with Crippen LogP contribution in [-0.4, -0.2) is 31.1 Å². The van der Waals surface area contributed by atoms with E-state index in [1.54, 1.807) is 19.1 Å². The van der Waals surface area contributed by atoms with Crippen LogP contribution >= 0.6 is 0 Å². The SMILES string of the molecule is CCC(=O)Nc1ccc(S(=O)(=O)N2CCc3ccccc3[C@@H]2CC(=O)N[C@H](C)c2ccccc2)cc1. The Balaban J connectivity index is 1.59. The molecule has 188 valence electrons. The van der Waals surface area contributed by atoms with E-state index in [-0.39, 0.29) is 35.7 Å². The highest BCUT2D eigenvalue weighted by atomic mass is 32.2. The van der Waals surface area contributed by atoms with Gasteiger partial charge in [0.05, 0.1) is 17.0 Å². The molecule has 0 unspecified atom stereocenters. The number of rotatable bonds is 8. The van der Waals surface area contributed by atoms with Gasteiger partial charge in [0, 0.05) is 25.1 Å². The van der Waals surface area contributed by atoms with Crippen LogP contribution in [-0.2, 0) is 26.0 Å². The number of amides is 2. The number of anilines is 1. The first kappa shape index (κ1) is 25.6. The quantitative estimate of drug-likeness (QED) is 0.468. The van der Waals surface area contributed by atoms with Gasteiger partial charge in [-0.2, -0.15) is 4.31 Å². The van der Waals surface area contributed by atoms with Crippen molar-refractivity contribution < 1.29 is 18.0 Å². The summed E-state index contributed by atoms with van der Waals surface area (Å²) in [6.45, 7) is 3.94. The molecule has 3 aromatic carbocycles. The third-order valence-electron chi connectivity index (χ3n) is 6.48. The predicted octanol–water partition coefficient (Wildman–Crippen LogP) is 4.59. The summed E-state index contributed by atoms with van der Waals surface area (Å²) in [7, 11) is -3.89. The van der Waals surface area contributed by atoms with Gasteiger partial charge < -0.3 is 10.6 Å². The number of carbonyl (C=O) groups is 2. The lowest BCUT2D eigenvalue weighted by Gasteiger charge is -2.36. The molecule has 2 amide bonds. The molecule has 8 heteroatoms. The number of nitrogens with zero attached hydrogens (tertiary/aromatic N) is 1. The number of benzene rings is 3. The third kappa shape index (κ3) is 5.66. The van der Waals surface area contributed by atoms with Gasteiger partial charge in [0.2, 0.25) is 21.8 Å². The fourth-order valence-corrected chi connectivity index (χ4v) is 6.13. The Morgan fingerprint density at radius 2 is 1.61 bits per heavy atom. The van der Waals surface area contributed by atoms with E-state index in [9.17, 15) is 18.0 Å². The van der Waals surface area contributed by atoms with E-state index < -0.39 is 16.1 Å². The molecule has 0 aliphatic carbocycles. The molecule has 0 saturated carbocycles. The van der Waals surface area contributed by atoms with Gasteiger partial charge in [0.1, 0.15) is 0 Å². The minimum atomic E-state index is -3.89. The molecule has 0 saturated heterocycles. The summed E-state index contributed by atoms with van der Waals surface area (Å²) >= 11 is 0. The molecular formula is C28H31N3O4S. The molecule has 0 fully saturated rings. The largest absolute Gasteiger partial charge is 0.350 e. The number of fused-ring (bicyclic) bond motifs is 1. The first-order valence-corrected chi connectivity index (χ1v) is 13.6. The Hall–Kier alpha value is -3.49. The summed E-state index contributed by atoms with van der Waals surface area (Å²) in [6.07, 6.45) is 0.913. The predicted molar refractivity (Wildman–Crippen MR) is 140 cm³/mol. The van der Waals surface area contributed by atoms with E-state index in [0.29, 0.717) is 18.5 Å². The number of hydrogen-bond donors (Lipinski definition) is 2. The Morgan fingerprint density at radius 3 is 2.31 bits per heavy atom. The molecule has 4 rings (SSSR count). The van der Waals surface area contributed by atoms with Crippen LogP contribution in [0.15, 0.2) is 83.8 Å². The van der Waals surface area contributed by atoms with Gasteiger partial charge >= 0.3 is 0 Å². The maximum atomic E-state index is 13.7. The number of nitrogens with one attached hydrogen (secondary N) is 2. The molecule has 0 aromatic heterocycles. The highest BCUT2D eigenvalue weighted by Gasteiger charge is 2.37. The van der Waals surface area contributed by atoms with E-state index in [2.05, 4.69) is 10.6 Å². The number of hydrogen-bond acceptors (Lipinski definition) is 4. The topological polar surface area (TPSA) is 95.6 Å². The fourth-order valence-electron chi connectivity index (χ4n) is 4.52. The fraction of sp³-hybridized carbons (Fsp3) is 0.286. The standard InChI is InChI=1S/C28H31N3O4S/c1-3-27(32)30-23-13-15-24(16-14-23)36(34,35)31-18-17-22-11-7-8-12-25(22)26(31)19-28(33)29-20(2)21-9-5-4-6-10-21/h4-16,20,26H,3,17-19H2,1-2H3,(H,29,33)(H,30,32)/t20-,26+/m1/s1. The molecular weight excluding hydrogens is 474 g/mol. The van der Waals surface area contributed by atoms with Crippen molar-refractivity contribution in [3.63, 3.8) is 0 Å². The third-order valence-corrected chi connectivity index (χ3v) is 8.41. The van der Waals surface area contributed by atoms with Gasteiger partial charge in [-0.1, -0.05) is 61.5 Å². The average Bonchev–Trinajstić information content (AvgIpc) is 2.89. The highest BCUT2D eigenvalue weighted by Crippen LogP contribution is 2.36. The van der Waals surface area contributed by atoms with Crippen LogP contribution in [0.5, 0.6) is 0 Å². The van der Waals surface area contributed by atoms with Crippen LogP contribution in [0.25, 0.3) is 0 Å². The number of sulfonamides is 1. The van der Waals surface area contributed by atoms with Gasteiger partial charge in [-0.3, -0.25) is 9.59 Å². The molecule has 3 aromatic rings. The molecule has 1 aliphatic heterocycles. The summed E-state index contributed by atoms with van der Waals surface area (Å²) in [5.41, 5.74) is 3.42. The minimum absolute atomic E-state index is 0.0120. The van der Waals surface area contributed by atoms with Crippen molar-refractivity contribution >= 4 is 27.5 Å². The Labute approximate surface area is 212 Å². The Kier molecular flexibility index (Phi) is 7.86. The Morgan fingerprint density at radius 1 is 0.944 bits per heavy atom. The van der Waals surface area contributed by atoms with E-state index in [0.717, 1.165) is 16.7 Å². The Bertz CT molecular complexity index is 1320. The maximum absolute atomic E-state index is 13.7. The lowest BCUT2D eigenvalue weighted by Crippen LogP contribution is -2.42. The molecule has 7 nitrogen and oxygen atoms in total. The average molecular weight is 506 g/mol. The molecule has 0 bridgehead atoms. The van der Waals surface area contributed by atoms with Gasteiger partial charge in [-0.25, -0.2) is 8.42 Å². The first-order valence-electron chi connectivity index (χ1n) is 12.1. The van der Waals surface area contributed by atoms with Gasteiger partial charge in [-0.15, -0.1) is 0 Å². The molecule has 0 spiro atoms. The summed E-state index contributed by atoms with van der Waals surface area (Å²) in [6, 6.07) is 22.7. The van der Waals surface area contributed by atoms with E-state index >= 15 is 0 Å². The van der Waals surface area contributed by atoms with Crippen molar-refractivity contribution in [1.29, 1.82) is 0 Å². The second-order valence-corrected chi connectivity index (χ2v) is 10.8. The van der Waals surface area contributed by atoms with Crippen molar-refractivity contribution in [3.8, 4) is 0 Å². The smallest absolute Gasteiger partial charge is 0.243 e. The highest BCUT2D eigenvalue weighted by molar-refractivity contribution is 7.89. The maximum Gasteiger partial charge on any atom is 0.243 e. The van der Waals surface area contributed by atoms with Crippen LogP contribution in [0, 0.1) is 0 Å². The first-order chi connectivity index (χ1) is 17.3. The lowest BCUT2D eigenvalue weighted by molar-refractivity contribution is -0.122. The van der Waals surface area contributed by atoms with Crippen molar-refractivity contribution in [2.75, 3.05) is 11.9 Å². The number of carbonyl (C=O) groups excluding carboxylic acids is 2. The van der Waals surface area contributed by atoms with Crippen LogP contribution in [0.2, 0.25) is 0 Å². The van der Waals surface area contributed by atoms with E-state index in [4.69, 9.17) is 0 Å². The van der Waals surface area contributed by atoms with Gasteiger partial charge in [-0.05, 0) is 54.3 Å². The zero-order valence-corrected chi connectivity index (χ0v) is 21.3. The summed E-state index contributed by atoms with van der Waals surface area (Å²) in [5, 5.41) is 5.75. The molecule has 1 aliphatic rings. The van der Waals surface area contributed by atoms with Gasteiger partial charge in [0.25, 0.3) is 0 Å². The second-order valence-electron chi connectivity index (χ2n) is 8.91. The van der Waals surface area contributed by atoms with Crippen LogP contribution in [0.3, 0.4) is 0 Å². The van der Waals surface area contributed by atoms with Gasteiger partial charge in [0.15, 0.2) is 0 Å². The monoisotopic (exact) mass is 505 g/mol. The minimum Gasteiger partial charge on any atom is -0.350 e. The lowest BCUT2D eigenvalue weighted by atomic mass is 9.92. The zero-order chi connectivity index (χ0) is 25.7. The summed E-state index contributed by atoms with van der Waals surface area (Å²) < 4.78 is 28.9.